The van der Waals surface area contributed by atoms with E-state index in [2.05, 4.69) is 54.6 Å². The molecule has 262 valence electrons. The molecule has 4 heterocycles. The van der Waals surface area contributed by atoms with Gasteiger partial charge in [0.05, 0.1) is 0 Å². The van der Waals surface area contributed by atoms with Crippen LogP contribution in [-0.4, -0.2) is 24.9 Å². The third-order valence-electron chi connectivity index (χ3n) is 10.2. The van der Waals surface area contributed by atoms with Gasteiger partial charge >= 0.3 is 0 Å². The highest BCUT2D eigenvalue weighted by Crippen LogP contribution is 2.39. The molecule has 0 saturated heterocycles. The van der Waals surface area contributed by atoms with E-state index in [1.807, 2.05) is 121 Å². The molecule has 0 radical (unpaired) electrons. The molecule has 0 spiro atoms. The molecular formula is C49H29N5O2. The number of para-hydroxylation sites is 2. The van der Waals surface area contributed by atoms with E-state index < -0.39 is 0 Å². The van der Waals surface area contributed by atoms with Crippen LogP contribution in [0, 0.1) is 0 Å². The zero-order valence-corrected chi connectivity index (χ0v) is 29.8. The molecule has 0 amide bonds. The molecule has 7 aromatic carbocycles. The summed E-state index contributed by atoms with van der Waals surface area (Å²) in [6.45, 7) is 0. The molecule has 11 rings (SSSR count). The Morgan fingerprint density at radius 2 is 0.821 bits per heavy atom. The van der Waals surface area contributed by atoms with E-state index in [-0.39, 0.29) is 0 Å². The lowest BCUT2D eigenvalue weighted by molar-refractivity contribution is 0.667. The molecular weight excluding hydrogens is 691 g/mol. The number of nitrogens with zero attached hydrogens (tertiary/aromatic N) is 5. The summed E-state index contributed by atoms with van der Waals surface area (Å²) >= 11 is 0. The molecule has 7 heteroatoms. The summed E-state index contributed by atoms with van der Waals surface area (Å²) in [7, 11) is 0. The van der Waals surface area contributed by atoms with Crippen LogP contribution in [0.3, 0.4) is 0 Å². The topological polar surface area (TPSA) is 90.7 Å². The lowest BCUT2D eigenvalue weighted by Gasteiger charge is -2.08. The maximum atomic E-state index is 6.68. The number of hydrogen-bond donors (Lipinski definition) is 0. The highest BCUT2D eigenvalue weighted by atomic mass is 16.3. The summed E-state index contributed by atoms with van der Waals surface area (Å²) in [5.74, 6) is 2.44. The lowest BCUT2D eigenvalue weighted by Crippen LogP contribution is -2.00. The van der Waals surface area contributed by atoms with Gasteiger partial charge in [0.2, 0.25) is 0 Å². The Morgan fingerprint density at radius 1 is 0.304 bits per heavy atom. The highest BCUT2D eigenvalue weighted by molar-refractivity contribution is 6.10. The predicted octanol–water partition coefficient (Wildman–Crippen LogP) is 12.5. The average molecular weight is 720 g/mol. The van der Waals surface area contributed by atoms with Gasteiger partial charge in [0.15, 0.2) is 28.9 Å². The Balaban J connectivity index is 0.990. The zero-order valence-electron chi connectivity index (χ0n) is 29.8. The van der Waals surface area contributed by atoms with E-state index in [9.17, 15) is 0 Å². The van der Waals surface area contributed by atoms with Crippen molar-refractivity contribution in [1.29, 1.82) is 0 Å². The van der Waals surface area contributed by atoms with Crippen molar-refractivity contribution in [2.45, 2.75) is 0 Å². The third-order valence-corrected chi connectivity index (χ3v) is 10.2. The summed E-state index contributed by atoms with van der Waals surface area (Å²) in [6, 6.07) is 58.9. The fraction of sp³-hybridized carbons (Fsp3) is 0. The number of fused-ring (bicyclic) bond motifs is 6. The fourth-order valence-corrected chi connectivity index (χ4v) is 7.41. The molecule has 0 fully saturated rings. The Labute approximate surface area is 320 Å². The van der Waals surface area contributed by atoms with Crippen LogP contribution in [-0.2, 0) is 0 Å². The van der Waals surface area contributed by atoms with Gasteiger partial charge in [-0.05, 0) is 29.8 Å². The van der Waals surface area contributed by atoms with Crippen molar-refractivity contribution < 1.29 is 8.83 Å². The molecule has 0 atom stereocenters. The summed E-state index contributed by atoms with van der Waals surface area (Å²) < 4.78 is 13.0. The van der Waals surface area contributed by atoms with Crippen LogP contribution < -0.4 is 0 Å². The van der Waals surface area contributed by atoms with Gasteiger partial charge < -0.3 is 8.83 Å². The van der Waals surface area contributed by atoms with E-state index in [0.717, 1.165) is 83.1 Å². The summed E-state index contributed by atoms with van der Waals surface area (Å²) in [5, 5.41) is 3.01. The van der Waals surface area contributed by atoms with Gasteiger partial charge in [-0.3, -0.25) is 0 Å². The van der Waals surface area contributed by atoms with Crippen molar-refractivity contribution in [3.8, 4) is 67.9 Å². The second-order valence-electron chi connectivity index (χ2n) is 13.6. The van der Waals surface area contributed by atoms with Crippen LogP contribution in [0.25, 0.3) is 112 Å². The molecule has 0 N–H and O–H groups in total. The number of furan rings is 2. The molecule has 0 aliphatic carbocycles. The first-order valence-corrected chi connectivity index (χ1v) is 18.4. The summed E-state index contributed by atoms with van der Waals surface area (Å²) in [6.07, 6.45) is 0. The van der Waals surface area contributed by atoms with Crippen LogP contribution in [0.4, 0.5) is 0 Å². The highest BCUT2D eigenvalue weighted by Gasteiger charge is 2.19. The number of rotatable bonds is 6. The summed E-state index contributed by atoms with van der Waals surface area (Å²) in [4.78, 5) is 24.8. The van der Waals surface area contributed by atoms with Gasteiger partial charge in [-0.25, -0.2) is 24.9 Å². The SMILES string of the molecule is c1ccc(-c2nc(-c3ccccc3)nc(-c3ccc4c(c3)oc3c(-c5ccc(-c6nc(-c7ccccc7)c7oc8ccccc8c7n6)cc5)cccc34)n2)cc1. The number of aromatic nitrogens is 5. The Bertz CT molecular complexity index is 3170. The van der Waals surface area contributed by atoms with Crippen LogP contribution in [0.2, 0.25) is 0 Å². The van der Waals surface area contributed by atoms with E-state index in [4.69, 9.17) is 33.8 Å². The van der Waals surface area contributed by atoms with Crippen LogP contribution >= 0.6 is 0 Å². The molecule has 0 unspecified atom stereocenters. The van der Waals surface area contributed by atoms with Crippen LogP contribution in [0.1, 0.15) is 0 Å². The minimum Gasteiger partial charge on any atom is -0.455 e. The minimum absolute atomic E-state index is 0.579. The predicted molar refractivity (Wildman–Crippen MR) is 223 cm³/mol. The van der Waals surface area contributed by atoms with Crippen molar-refractivity contribution in [2.75, 3.05) is 0 Å². The quantitative estimate of drug-likeness (QED) is 0.169. The van der Waals surface area contributed by atoms with E-state index in [1.165, 1.54) is 0 Å². The maximum absolute atomic E-state index is 6.68. The first kappa shape index (κ1) is 31.7. The normalized spacial score (nSPS) is 11.6. The van der Waals surface area contributed by atoms with Gasteiger partial charge in [0.1, 0.15) is 28.0 Å². The monoisotopic (exact) mass is 719 g/mol. The molecule has 0 bridgehead atoms. The average Bonchev–Trinajstić information content (AvgIpc) is 3.85. The van der Waals surface area contributed by atoms with E-state index >= 15 is 0 Å². The Hall–Kier alpha value is -7.77. The second-order valence-corrected chi connectivity index (χ2v) is 13.6. The molecule has 0 aliphatic heterocycles. The maximum Gasteiger partial charge on any atom is 0.180 e. The minimum atomic E-state index is 0.579. The largest absolute Gasteiger partial charge is 0.455 e. The van der Waals surface area contributed by atoms with Crippen molar-refractivity contribution in [3.05, 3.63) is 176 Å². The molecule has 56 heavy (non-hydrogen) atoms. The van der Waals surface area contributed by atoms with Gasteiger partial charge in [0, 0.05) is 49.5 Å². The Morgan fingerprint density at radius 3 is 1.52 bits per heavy atom. The van der Waals surface area contributed by atoms with Crippen molar-refractivity contribution >= 4 is 44.0 Å². The van der Waals surface area contributed by atoms with Gasteiger partial charge in [0.25, 0.3) is 0 Å². The van der Waals surface area contributed by atoms with E-state index in [1.54, 1.807) is 0 Å². The first-order chi connectivity index (χ1) is 27.7. The number of hydrogen-bond acceptors (Lipinski definition) is 7. The van der Waals surface area contributed by atoms with Gasteiger partial charge in [-0.1, -0.05) is 152 Å². The van der Waals surface area contributed by atoms with Crippen molar-refractivity contribution in [1.82, 2.24) is 24.9 Å². The van der Waals surface area contributed by atoms with Crippen LogP contribution in [0.5, 0.6) is 0 Å². The second kappa shape index (κ2) is 13.0. The smallest absolute Gasteiger partial charge is 0.180 e. The number of benzene rings is 7. The fourth-order valence-electron chi connectivity index (χ4n) is 7.41. The standard InChI is InChI=1S/C49H29N5O2/c1-4-13-31(14-5-1)42-45-43(39-19-10-11-22-40(39)55-45)51-46(50-42)34-25-23-30(24-26-34)36-20-12-21-38-37-28-27-35(29-41(37)56-44(36)38)49-53-47(32-15-6-2-7-16-32)52-48(54-49)33-17-8-3-9-18-33/h1-29H. The zero-order chi connectivity index (χ0) is 37.0. The van der Waals surface area contributed by atoms with Gasteiger partial charge in [-0.15, -0.1) is 0 Å². The van der Waals surface area contributed by atoms with E-state index in [0.29, 0.717) is 28.9 Å². The van der Waals surface area contributed by atoms with Gasteiger partial charge in [-0.2, -0.15) is 0 Å². The Kier molecular flexibility index (Phi) is 7.35. The van der Waals surface area contributed by atoms with Crippen molar-refractivity contribution in [2.24, 2.45) is 0 Å². The molecule has 7 nitrogen and oxygen atoms in total. The molecule has 0 aliphatic rings. The molecule has 11 aromatic rings. The first-order valence-electron chi connectivity index (χ1n) is 18.4. The third kappa shape index (κ3) is 5.41. The lowest BCUT2D eigenvalue weighted by atomic mass is 10.0. The summed E-state index contributed by atoms with van der Waals surface area (Å²) in [5.41, 5.74) is 11.2. The molecule has 4 aromatic heterocycles. The van der Waals surface area contributed by atoms with Crippen molar-refractivity contribution in [3.63, 3.8) is 0 Å². The molecule has 0 saturated carbocycles. The van der Waals surface area contributed by atoms with Crippen LogP contribution in [0.15, 0.2) is 185 Å².